The van der Waals surface area contributed by atoms with Gasteiger partial charge in [0.2, 0.25) is 1.41 Å². The van der Waals surface area contributed by atoms with Gasteiger partial charge in [0.25, 0.3) is 23.6 Å². The largest absolute Gasteiger partial charge is 0.489 e. The number of nitrogens with zero attached hydrogens (tertiary/aromatic N) is 5. The first-order chi connectivity index (χ1) is 32.3. The Balaban J connectivity index is 0.000000233. The maximum Gasteiger partial charge on any atom is 0.335 e. The molecule has 4 amide bonds. The number of Topliss-reactive ketones (excluding diaryl/α,β-unsaturated/α-hetero) is 1. The molecular formula is C46H46IN9O11. The Morgan fingerprint density at radius 2 is 1.15 bits per heavy atom. The zero-order valence-electron chi connectivity index (χ0n) is 37.3. The predicted molar refractivity (Wildman–Crippen MR) is 252 cm³/mol. The van der Waals surface area contributed by atoms with Gasteiger partial charge < -0.3 is 49.8 Å². The minimum atomic E-state index is -1.12. The molecule has 0 saturated carbocycles. The minimum absolute atomic E-state index is 0. The molecule has 348 valence electrons. The molecule has 6 aromatic rings. The molecule has 2 aliphatic rings. The van der Waals surface area contributed by atoms with E-state index in [0.717, 1.165) is 11.1 Å². The maximum absolute atomic E-state index is 12.9. The van der Waals surface area contributed by atoms with E-state index in [1.807, 2.05) is 60.7 Å². The normalized spacial score (nSPS) is 15.2. The molecule has 0 radical (unpaired) electrons. The number of rotatable bonds is 11. The van der Waals surface area contributed by atoms with Crippen LogP contribution < -0.4 is 35.6 Å². The Hall–Kier alpha value is -7.79. The molecule has 4 aromatic carbocycles. The molecule has 2 atom stereocenters. The third-order valence-electron chi connectivity index (χ3n) is 10.1. The maximum atomic E-state index is 12.9. The third-order valence-corrected chi connectivity index (χ3v) is 10.1. The van der Waals surface area contributed by atoms with Gasteiger partial charge in [-0.25, -0.2) is 15.4 Å². The lowest BCUT2D eigenvalue weighted by Crippen LogP contribution is -2.49. The van der Waals surface area contributed by atoms with Crippen LogP contribution in [-0.4, -0.2) is 104 Å². The summed E-state index contributed by atoms with van der Waals surface area (Å²) in [5.41, 5.74) is 11.3. The second kappa shape index (κ2) is 23.4. The van der Waals surface area contributed by atoms with E-state index in [9.17, 15) is 33.9 Å². The molecule has 0 aliphatic carbocycles. The van der Waals surface area contributed by atoms with Crippen LogP contribution in [0.3, 0.4) is 0 Å². The summed E-state index contributed by atoms with van der Waals surface area (Å²) >= 11 is 0. The van der Waals surface area contributed by atoms with Crippen molar-refractivity contribution in [2.45, 2.75) is 24.9 Å². The second-order valence-corrected chi connectivity index (χ2v) is 14.6. The number of anilines is 2. The number of ketones is 1. The molecule has 20 nitrogen and oxygen atoms in total. The zero-order chi connectivity index (χ0) is 48.0. The summed E-state index contributed by atoms with van der Waals surface area (Å²) in [6.45, 7) is -0.316. The molecule has 67 heavy (non-hydrogen) atoms. The number of fused-ring (bicyclic) bond motifs is 2. The van der Waals surface area contributed by atoms with Crippen LogP contribution in [0, 0.1) is 5.52 Å². The molecule has 0 fully saturated rings. The van der Waals surface area contributed by atoms with Crippen LogP contribution in [0.25, 0.3) is 0 Å². The average Bonchev–Trinajstić information content (AvgIpc) is 3.99. The molecule has 2 aromatic heterocycles. The highest BCUT2D eigenvalue weighted by Gasteiger charge is 2.33. The molecule has 8 rings (SSSR count). The SMILES string of the molecule is CN1C(=O)[C@@H](NC(=O)c2cc(Cc3ccccc3)on2)COc2ccc(C(=O)CN)cc21.CN1C(=O)[C@@H](NC(=O)c2cc(Cc3ccccc3)on2)COc2ccc(C(=O)O)cc21.I.[2H]N=NC. The summed E-state index contributed by atoms with van der Waals surface area (Å²) in [5, 5.41) is 25.1. The summed E-state index contributed by atoms with van der Waals surface area (Å²) in [4.78, 5) is 76.9. The number of hydrogen-bond acceptors (Lipinski definition) is 15. The van der Waals surface area contributed by atoms with E-state index in [1.165, 1.54) is 48.2 Å². The summed E-state index contributed by atoms with van der Waals surface area (Å²) in [5.74, 6) is -1.48. The number of aromatic carboxylic acids is 1. The Kier molecular flexibility index (Phi) is 17.0. The summed E-state index contributed by atoms with van der Waals surface area (Å²) in [6, 6.07) is 29.4. The van der Waals surface area contributed by atoms with Crippen molar-refractivity contribution in [2.24, 2.45) is 10.8 Å². The molecule has 0 saturated heterocycles. The number of carbonyl (C=O) groups is 6. The molecule has 21 heteroatoms. The number of carbonyl (C=O) groups excluding carboxylic acids is 5. The summed E-state index contributed by atoms with van der Waals surface area (Å²) in [7, 11) is 4.50. The van der Waals surface area contributed by atoms with Crippen molar-refractivity contribution in [2.75, 3.05) is 50.7 Å². The summed E-state index contributed by atoms with van der Waals surface area (Å²) in [6.07, 6.45) is 0.977. The van der Waals surface area contributed by atoms with Gasteiger partial charge in [0, 0.05) is 51.7 Å². The number of likely N-dealkylation sites (N-methyl/N-ethyl adjacent to an activating group) is 2. The van der Waals surface area contributed by atoms with Crippen molar-refractivity contribution in [1.82, 2.24) is 20.9 Å². The predicted octanol–water partition coefficient (Wildman–Crippen LogP) is 4.94. The number of amides is 4. The van der Waals surface area contributed by atoms with E-state index in [2.05, 4.69) is 31.6 Å². The topological polar surface area (TPSA) is 286 Å². The summed E-state index contributed by atoms with van der Waals surface area (Å²) < 4.78 is 27.8. The highest BCUT2D eigenvalue weighted by atomic mass is 127. The van der Waals surface area contributed by atoms with Gasteiger partial charge in [0.05, 0.1) is 23.5 Å². The fourth-order valence-electron chi connectivity index (χ4n) is 6.69. The first kappa shape index (κ1) is 48.7. The third kappa shape index (κ3) is 12.7. The Labute approximate surface area is 401 Å². The molecular weight excluding hydrogens is 981 g/mol. The van der Waals surface area contributed by atoms with Crippen molar-refractivity contribution < 1.29 is 53.8 Å². The van der Waals surface area contributed by atoms with Crippen LogP contribution in [-0.2, 0) is 22.4 Å². The first-order valence-electron chi connectivity index (χ1n) is 20.6. The van der Waals surface area contributed by atoms with Crippen LogP contribution in [0.1, 0.15) is 64.3 Å². The van der Waals surface area contributed by atoms with Gasteiger partial charge in [-0.15, -0.1) is 24.0 Å². The smallest absolute Gasteiger partial charge is 0.335 e. The minimum Gasteiger partial charge on any atom is -0.489 e. The van der Waals surface area contributed by atoms with Gasteiger partial charge in [0.1, 0.15) is 48.3 Å². The molecule has 0 spiro atoms. The fraction of sp³-hybridized carbons (Fsp3) is 0.217. The number of nitrogens with one attached hydrogen (secondary N) is 3. The van der Waals surface area contributed by atoms with Gasteiger partial charge in [-0.3, -0.25) is 24.0 Å². The number of benzene rings is 4. The van der Waals surface area contributed by atoms with Crippen LogP contribution in [0.15, 0.2) is 123 Å². The van der Waals surface area contributed by atoms with Gasteiger partial charge in [-0.2, -0.15) is 0 Å². The Morgan fingerprint density at radius 3 is 1.55 bits per heavy atom. The molecule has 0 bridgehead atoms. The van der Waals surface area contributed by atoms with Crippen molar-refractivity contribution in [1.29, 1.82) is 5.52 Å². The highest BCUT2D eigenvalue weighted by Crippen LogP contribution is 2.33. The van der Waals surface area contributed by atoms with E-state index < -0.39 is 35.8 Å². The number of nitrogens with two attached hydrogens (primary N) is 1. The number of hydrogen-bond donors (Lipinski definition) is 5. The second-order valence-electron chi connectivity index (χ2n) is 14.6. The van der Waals surface area contributed by atoms with Crippen LogP contribution in [0.4, 0.5) is 11.4 Å². The van der Waals surface area contributed by atoms with E-state index in [4.69, 9.17) is 25.7 Å². The highest BCUT2D eigenvalue weighted by molar-refractivity contribution is 14.0. The number of ether oxygens (including phenoxy) is 2. The molecule has 0 unspecified atom stereocenters. The Bertz CT molecular complexity index is 2770. The average molecular weight is 1030 g/mol. The van der Waals surface area contributed by atoms with E-state index in [0.29, 0.717) is 52.8 Å². The van der Waals surface area contributed by atoms with Gasteiger partial charge in [-0.05, 0) is 47.5 Å². The molecule has 6 N–H and O–H groups in total. The van der Waals surface area contributed by atoms with E-state index in [1.54, 1.807) is 31.3 Å². The number of halogens is 1. The lowest BCUT2D eigenvalue weighted by molar-refractivity contribution is -0.121. The first-order valence-corrected chi connectivity index (χ1v) is 20.2. The molecule has 2 aliphatic heterocycles. The van der Waals surface area contributed by atoms with Gasteiger partial charge in [-0.1, -0.05) is 71.0 Å². The van der Waals surface area contributed by atoms with E-state index in [-0.39, 0.29) is 72.4 Å². The van der Waals surface area contributed by atoms with Crippen molar-refractivity contribution in [3.63, 3.8) is 0 Å². The van der Waals surface area contributed by atoms with Gasteiger partial charge in [0.15, 0.2) is 17.2 Å². The zero-order valence-corrected chi connectivity index (χ0v) is 38.6. The standard InChI is InChI=1S/C23H22N4O5.C22H19N3O6.CH4N2.HI/c1-27-19-10-15(20(28)12-24)7-8-21(19)31-13-18(23(27)30)25-22(29)17-11-16(32-26-17)9-14-5-3-2-4-6-14;1-25-18-10-14(22(28)29)7-8-19(18)30-12-17(21(25)27)23-20(26)16-11-15(31-24-16)9-13-5-3-2-4-6-13;1-3-2;/h2-8,10-11,18H,9,12-13,24H2,1H3,(H,25,29);2-8,10-11,17H,9,12H2,1H3,(H,23,26)(H,28,29);2H,1H3;1H/t18-;17-;;/m00../s1/i/hD. The number of carboxylic acids is 1. The lowest BCUT2D eigenvalue weighted by Gasteiger charge is -2.20. The number of carboxylic acid groups (broad SMARTS) is 1. The van der Waals surface area contributed by atoms with Crippen molar-refractivity contribution >= 4 is 70.7 Å². The fourth-order valence-corrected chi connectivity index (χ4v) is 6.69. The van der Waals surface area contributed by atoms with Crippen LogP contribution in [0.2, 0.25) is 1.41 Å². The van der Waals surface area contributed by atoms with Crippen molar-refractivity contribution in [3.8, 4) is 11.5 Å². The van der Waals surface area contributed by atoms with E-state index >= 15 is 0 Å². The van der Waals surface area contributed by atoms with Crippen LogP contribution in [0.5, 0.6) is 11.5 Å². The lowest BCUT2D eigenvalue weighted by atomic mass is 10.1. The van der Waals surface area contributed by atoms with Gasteiger partial charge >= 0.3 is 5.97 Å². The Morgan fingerprint density at radius 1 is 0.731 bits per heavy atom. The van der Waals surface area contributed by atoms with Crippen LogP contribution >= 0.6 is 24.0 Å². The number of aromatic nitrogens is 2. The quantitative estimate of drug-likeness (QED) is 0.0653. The molecule has 4 heterocycles. The monoisotopic (exact) mass is 1030 g/mol. The van der Waals surface area contributed by atoms with Crippen molar-refractivity contribution in [3.05, 3.63) is 154 Å².